The summed E-state index contributed by atoms with van der Waals surface area (Å²) in [6.07, 6.45) is 0.0503. The molecule has 3 aromatic carbocycles. The van der Waals surface area contributed by atoms with Crippen LogP contribution in [0.25, 0.3) is 0 Å². The van der Waals surface area contributed by atoms with Gasteiger partial charge in [0.25, 0.3) is 11.8 Å². The van der Waals surface area contributed by atoms with Crippen LogP contribution in [-0.2, 0) is 9.59 Å². The number of halogens is 4. The Morgan fingerprint density at radius 1 is 0.897 bits per heavy atom. The summed E-state index contributed by atoms with van der Waals surface area (Å²) in [5.74, 6) is -2.48. The molecule has 7 nitrogen and oxygen atoms in total. The van der Waals surface area contributed by atoms with Crippen LogP contribution in [0.5, 0.6) is 5.75 Å². The number of hydrogen-bond donors (Lipinski definition) is 0. The van der Waals surface area contributed by atoms with Crippen LogP contribution in [0, 0.1) is 12.8 Å². The summed E-state index contributed by atoms with van der Waals surface area (Å²) in [5, 5.41) is -0.559. The number of likely N-dealkylation sites (tertiary alicyclic amines) is 1. The first-order valence-corrected chi connectivity index (χ1v) is 13.4. The van der Waals surface area contributed by atoms with Crippen molar-refractivity contribution in [3.8, 4) is 5.75 Å². The smallest absolute Gasteiger partial charge is 0.316 e. The molecule has 0 aromatic heterocycles. The topological polar surface area (TPSA) is 84.0 Å². The second-order valence-electron chi connectivity index (χ2n) is 9.35. The maximum Gasteiger partial charge on any atom is 0.316 e. The molecular formula is C28H20Cl4N2O5. The fourth-order valence-electron chi connectivity index (χ4n) is 4.89. The maximum atomic E-state index is 13.2. The molecule has 0 spiro atoms. The zero-order valence-electron chi connectivity index (χ0n) is 20.6. The lowest BCUT2D eigenvalue weighted by atomic mass is 10.1. The first kappa shape index (κ1) is 27.5. The van der Waals surface area contributed by atoms with E-state index in [9.17, 15) is 19.2 Å². The number of carbonyl (C=O) groups excluding carboxylic acids is 4. The summed E-state index contributed by atoms with van der Waals surface area (Å²) < 4.78 is 5.58. The Kier molecular flexibility index (Phi) is 7.37. The van der Waals surface area contributed by atoms with Crippen molar-refractivity contribution in [3.63, 3.8) is 0 Å². The number of imide groups is 1. The van der Waals surface area contributed by atoms with Gasteiger partial charge < -0.3 is 9.64 Å². The normalized spacial score (nSPS) is 17.6. The number of ether oxygens (including phenoxy) is 1. The second kappa shape index (κ2) is 10.5. The molecule has 3 amide bonds. The number of amides is 3. The number of esters is 1. The Bertz CT molecular complexity index is 1510. The van der Waals surface area contributed by atoms with Gasteiger partial charge in [-0.2, -0.15) is 0 Å². The third kappa shape index (κ3) is 4.67. The van der Waals surface area contributed by atoms with Gasteiger partial charge in [-0.1, -0.05) is 76.7 Å². The van der Waals surface area contributed by atoms with Gasteiger partial charge in [0.1, 0.15) is 5.75 Å². The first-order valence-electron chi connectivity index (χ1n) is 11.9. The summed E-state index contributed by atoms with van der Waals surface area (Å²) in [5.41, 5.74) is 1.44. The van der Waals surface area contributed by atoms with Crippen LogP contribution >= 0.6 is 46.4 Å². The number of rotatable bonds is 5. The van der Waals surface area contributed by atoms with Gasteiger partial charge >= 0.3 is 5.97 Å². The Morgan fingerprint density at radius 2 is 1.49 bits per heavy atom. The van der Waals surface area contributed by atoms with Gasteiger partial charge in [0.05, 0.1) is 48.9 Å². The van der Waals surface area contributed by atoms with Gasteiger partial charge in [-0.15, -0.1) is 0 Å². The molecule has 2 aliphatic rings. The van der Waals surface area contributed by atoms with Crippen molar-refractivity contribution in [3.05, 3.63) is 90.9 Å². The molecule has 0 N–H and O–H groups in total. The van der Waals surface area contributed by atoms with Crippen LogP contribution < -0.4 is 9.64 Å². The summed E-state index contributed by atoms with van der Waals surface area (Å²) in [7, 11) is 0. The third-order valence-corrected chi connectivity index (χ3v) is 8.77. The van der Waals surface area contributed by atoms with E-state index in [1.54, 1.807) is 11.8 Å². The zero-order valence-corrected chi connectivity index (χ0v) is 23.7. The standard InChI is InChI=1S/C28H20Cl4N2O5/c1-13-10-17(39-28(38)16-11-19(35)33(12-16)14(2)15-6-4-3-5-7-15)8-9-18(13)34-26(36)20-21(27(34)37)23(30)25(32)24(31)22(20)29/h3-10,14,16H,11-12H2,1-2H3/t14-,16-/m0/s1. The SMILES string of the molecule is Cc1cc(OC(=O)[C@H]2CC(=O)N([C@@H](C)c3ccccc3)C2)ccc1N1C(=O)c2c(Cl)c(Cl)c(Cl)c(Cl)c2C1=O. The minimum absolute atomic E-state index is 0.0503. The van der Waals surface area contributed by atoms with E-state index in [-0.39, 0.29) is 67.6 Å². The van der Waals surface area contributed by atoms with Crippen molar-refractivity contribution in [1.82, 2.24) is 4.90 Å². The highest BCUT2D eigenvalue weighted by molar-refractivity contribution is 6.56. The fourth-order valence-corrected chi connectivity index (χ4v) is 5.90. The molecule has 0 radical (unpaired) electrons. The summed E-state index contributed by atoms with van der Waals surface area (Å²) >= 11 is 24.6. The van der Waals surface area contributed by atoms with E-state index in [4.69, 9.17) is 51.1 Å². The molecule has 0 saturated carbocycles. The fraction of sp³-hybridized carbons (Fsp3) is 0.214. The quantitative estimate of drug-likeness (QED) is 0.104. The molecule has 39 heavy (non-hydrogen) atoms. The minimum Gasteiger partial charge on any atom is -0.426 e. The van der Waals surface area contributed by atoms with Crippen LogP contribution in [0.1, 0.15) is 51.2 Å². The van der Waals surface area contributed by atoms with E-state index < -0.39 is 23.7 Å². The highest BCUT2D eigenvalue weighted by atomic mass is 35.5. The molecule has 200 valence electrons. The average Bonchev–Trinajstić information content (AvgIpc) is 3.43. The first-order chi connectivity index (χ1) is 18.5. The summed E-state index contributed by atoms with van der Waals surface area (Å²) in [6, 6.07) is 13.9. The molecule has 1 saturated heterocycles. The highest BCUT2D eigenvalue weighted by Crippen LogP contribution is 2.46. The minimum atomic E-state index is -0.703. The van der Waals surface area contributed by atoms with Crippen LogP contribution in [0.2, 0.25) is 20.1 Å². The molecule has 2 aliphatic heterocycles. The zero-order chi connectivity index (χ0) is 28.2. The van der Waals surface area contributed by atoms with E-state index in [1.807, 2.05) is 37.3 Å². The van der Waals surface area contributed by atoms with Gasteiger partial charge in [0, 0.05) is 13.0 Å². The number of benzene rings is 3. The molecule has 0 bridgehead atoms. The Balaban J connectivity index is 1.33. The number of hydrogen-bond acceptors (Lipinski definition) is 5. The monoisotopic (exact) mass is 604 g/mol. The van der Waals surface area contributed by atoms with Crippen molar-refractivity contribution in [2.75, 3.05) is 11.4 Å². The molecule has 0 aliphatic carbocycles. The van der Waals surface area contributed by atoms with Crippen LogP contribution in [0.15, 0.2) is 48.5 Å². The van der Waals surface area contributed by atoms with Crippen molar-refractivity contribution in [2.24, 2.45) is 5.92 Å². The van der Waals surface area contributed by atoms with Gasteiger partial charge in [0.2, 0.25) is 5.91 Å². The molecule has 5 rings (SSSR count). The lowest BCUT2D eigenvalue weighted by Gasteiger charge is -2.25. The van der Waals surface area contributed by atoms with E-state index in [2.05, 4.69) is 0 Å². The number of carbonyl (C=O) groups is 4. The van der Waals surface area contributed by atoms with E-state index in [0.29, 0.717) is 5.56 Å². The third-order valence-electron chi connectivity index (χ3n) is 6.97. The Morgan fingerprint density at radius 3 is 2.05 bits per heavy atom. The lowest BCUT2D eigenvalue weighted by molar-refractivity contribution is -0.139. The van der Waals surface area contributed by atoms with E-state index in [1.165, 1.54) is 18.2 Å². The van der Waals surface area contributed by atoms with Gasteiger partial charge in [-0.05, 0) is 43.2 Å². The van der Waals surface area contributed by atoms with Crippen molar-refractivity contribution in [1.29, 1.82) is 0 Å². The maximum absolute atomic E-state index is 13.2. The largest absolute Gasteiger partial charge is 0.426 e. The molecule has 3 aromatic rings. The van der Waals surface area contributed by atoms with Crippen LogP contribution in [0.4, 0.5) is 5.69 Å². The van der Waals surface area contributed by atoms with Crippen molar-refractivity contribution >= 4 is 75.8 Å². The number of nitrogens with zero attached hydrogens (tertiary/aromatic N) is 2. The van der Waals surface area contributed by atoms with Gasteiger partial charge in [-0.3, -0.25) is 19.2 Å². The van der Waals surface area contributed by atoms with Crippen molar-refractivity contribution < 1.29 is 23.9 Å². The number of fused-ring (bicyclic) bond motifs is 1. The van der Waals surface area contributed by atoms with Gasteiger partial charge in [0.15, 0.2) is 0 Å². The molecular weight excluding hydrogens is 586 g/mol. The van der Waals surface area contributed by atoms with Crippen LogP contribution in [-0.4, -0.2) is 35.1 Å². The van der Waals surface area contributed by atoms with Gasteiger partial charge in [-0.25, -0.2) is 4.90 Å². The molecule has 11 heteroatoms. The predicted octanol–water partition coefficient (Wildman–Crippen LogP) is 6.92. The summed E-state index contributed by atoms with van der Waals surface area (Å²) in [4.78, 5) is 54.6. The average molecular weight is 606 g/mol. The van der Waals surface area contributed by atoms with Crippen molar-refractivity contribution in [2.45, 2.75) is 26.3 Å². The molecule has 0 unspecified atom stereocenters. The number of aryl methyl sites for hydroxylation is 1. The lowest BCUT2D eigenvalue weighted by Crippen LogP contribution is -2.30. The summed E-state index contributed by atoms with van der Waals surface area (Å²) in [6.45, 7) is 3.82. The predicted molar refractivity (Wildman–Crippen MR) is 149 cm³/mol. The van der Waals surface area contributed by atoms with Crippen LogP contribution in [0.3, 0.4) is 0 Å². The highest BCUT2D eigenvalue weighted by Gasteiger charge is 2.43. The van der Waals surface area contributed by atoms with E-state index >= 15 is 0 Å². The Hall–Kier alpha value is -3.10. The molecule has 2 atom stereocenters. The number of anilines is 1. The Labute approximate surface area is 244 Å². The van der Waals surface area contributed by atoms with E-state index in [0.717, 1.165) is 10.5 Å². The molecule has 2 heterocycles. The second-order valence-corrected chi connectivity index (χ2v) is 10.9. The molecule has 1 fully saturated rings.